The summed E-state index contributed by atoms with van der Waals surface area (Å²) in [5, 5.41) is 8.43. The second-order valence-corrected chi connectivity index (χ2v) is 8.51. The van der Waals surface area contributed by atoms with Gasteiger partial charge in [0.05, 0.1) is 17.9 Å². The Hall–Kier alpha value is -3.68. The van der Waals surface area contributed by atoms with E-state index in [0.29, 0.717) is 38.4 Å². The van der Waals surface area contributed by atoms with Crippen molar-refractivity contribution >= 4 is 17.9 Å². The van der Waals surface area contributed by atoms with Crippen LogP contribution in [-0.4, -0.2) is 62.7 Å². The minimum Gasteiger partial charge on any atom is -0.351 e. The molecule has 8 heteroatoms. The monoisotopic (exact) mass is 447 g/mol. The predicted molar refractivity (Wildman–Crippen MR) is 125 cm³/mol. The number of rotatable bonds is 5. The first-order valence-corrected chi connectivity index (χ1v) is 11.1. The van der Waals surface area contributed by atoms with Gasteiger partial charge in [0.25, 0.3) is 5.91 Å². The number of hydrogen-bond donors (Lipinski definition) is 0. The van der Waals surface area contributed by atoms with Crippen LogP contribution in [0, 0.1) is 27.7 Å². The maximum absolute atomic E-state index is 12.8. The van der Waals surface area contributed by atoms with E-state index in [4.69, 9.17) is 4.52 Å². The number of hydrogen-bond acceptors (Lipinski definition) is 5. The lowest BCUT2D eigenvalue weighted by atomic mass is 10.1. The molecule has 1 saturated heterocycles. The SMILES string of the molecule is Cc1ccc(Cn2nc(C)c(/C=C/C(=O)N3CCN(C(=O)c4cc(C)no4)CC3)c2C)cc1. The topological polar surface area (TPSA) is 84.5 Å². The smallest absolute Gasteiger partial charge is 0.292 e. The van der Waals surface area contributed by atoms with Crippen LogP contribution in [0.25, 0.3) is 6.08 Å². The minimum absolute atomic E-state index is 0.0670. The molecule has 0 N–H and O–H groups in total. The molecule has 1 fully saturated rings. The van der Waals surface area contributed by atoms with Gasteiger partial charge in [0.1, 0.15) is 0 Å². The Morgan fingerprint density at radius 1 is 1.00 bits per heavy atom. The fourth-order valence-electron chi connectivity index (χ4n) is 3.98. The molecule has 0 bridgehead atoms. The van der Waals surface area contributed by atoms with Crippen LogP contribution in [0.1, 0.15) is 44.3 Å². The normalized spacial score (nSPS) is 14.3. The molecule has 3 aromatic rings. The quantitative estimate of drug-likeness (QED) is 0.561. The van der Waals surface area contributed by atoms with E-state index < -0.39 is 0 Å². The number of amides is 2. The Labute approximate surface area is 193 Å². The van der Waals surface area contributed by atoms with Crippen molar-refractivity contribution in [1.29, 1.82) is 0 Å². The molecule has 3 heterocycles. The molecule has 0 unspecified atom stereocenters. The largest absolute Gasteiger partial charge is 0.351 e. The number of carbonyl (C=O) groups is 2. The Balaban J connectivity index is 1.36. The summed E-state index contributed by atoms with van der Waals surface area (Å²) in [4.78, 5) is 28.7. The van der Waals surface area contributed by atoms with Crippen molar-refractivity contribution in [3.8, 4) is 0 Å². The van der Waals surface area contributed by atoms with Gasteiger partial charge >= 0.3 is 0 Å². The zero-order chi connectivity index (χ0) is 23.5. The minimum atomic E-state index is -0.189. The van der Waals surface area contributed by atoms with Crippen molar-refractivity contribution < 1.29 is 14.1 Å². The molecule has 0 atom stereocenters. The zero-order valence-electron chi connectivity index (χ0n) is 19.5. The van der Waals surface area contributed by atoms with E-state index in [1.165, 1.54) is 11.1 Å². The van der Waals surface area contributed by atoms with Crippen molar-refractivity contribution in [2.45, 2.75) is 34.2 Å². The third-order valence-corrected chi connectivity index (χ3v) is 6.00. The van der Waals surface area contributed by atoms with Gasteiger partial charge in [0.2, 0.25) is 11.7 Å². The van der Waals surface area contributed by atoms with Gasteiger partial charge in [-0.2, -0.15) is 5.10 Å². The molecule has 4 rings (SSSR count). The first kappa shape index (κ1) is 22.5. The van der Waals surface area contributed by atoms with Gasteiger partial charge in [-0.25, -0.2) is 0 Å². The average Bonchev–Trinajstić information content (AvgIpc) is 3.36. The van der Waals surface area contributed by atoms with Crippen LogP contribution >= 0.6 is 0 Å². The van der Waals surface area contributed by atoms with E-state index in [0.717, 1.165) is 17.0 Å². The van der Waals surface area contributed by atoms with E-state index in [1.54, 1.807) is 28.9 Å². The van der Waals surface area contributed by atoms with Crippen LogP contribution in [-0.2, 0) is 11.3 Å². The van der Waals surface area contributed by atoms with E-state index in [9.17, 15) is 9.59 Å². The van der Waals surface area contributed by atoms with Gasteiger partial charge in [-0.3, -0.25) is 14.3 Å². The summed E-state index contributed by atoms with van der Waals surface area (Å²) in [6.07, 6.45) is 3.45. The first-order chi connectivity index (χ1) is 15.8. The number of piperazine rings is 1. The van der Waals surface area contributed by atoms with Gasteiger partial charge in [0.15, 0.2) is 0 Å². The van der Waals surface area contributed by atoms with Crippen LogP contribution in [0.2, 0.25) is 0 Å². The Morgan fingerprint density at radius 2 is 1.67 bits per heavy atom. The predicted octanol–water partition coefficient (Wildman–Crippen LogP) is 3.15. The molecule has 33 heavy (non-hydrogen) atoms. The Kier molecular flexibility index (Phi) is 6.44. The van der Waals surface area contributed by atoms with E-state index in [1.807, 2.05) is 24.6 Å². The molecule has 1 aliphatic rings. The highest BCUT2D eigenvalue weighted by molar-refractivity contribution is 5.93. The van der Waals surface area contributed by atoms with Crippen molar-refractivity contribution in [2.75, 3.05) is 26.2 Å². The van der Waals surface area contributed by atoms with E-state index in [2.05, 4.69) is 41.4 Å². The molecule has 1 aromatic carbocycles. The molecule has 172 valence electrons. The standard InChI is InChI=1S/C25H29N5O3/c1-17-5-7-21(8-6-17)16-30-20(4)22(19(3)26-30)9-10-24(31)28-11-13-29(14-12-28)25(32)23-15-18(2)27-33-23/h5-10,15H,11-14,16H2,1-4H3/b10-9+. The van der Waals surface area contributed by atoms with Crippen LogP contribution < -0.4 is 0 Å². The van der Waals surface area contributed by atoms with Crippen LogP contribution in [0.4, 0.5) is 0 Å². The molecule has 2 amide bonds. The van der Waals surface area contributed by atoms with Crippen molar-refractivity contribution in [2.24, 2.45) is 0 Å². The Morgan fingerprint density at radius 3 is 2.30 bits per heavy atom. The van der Waals surface area contributed by atoms with Gasteiger partial charge in [0, 0.05) is 49.6 Å². The molecular weight excluding hydrogens is 418 g/mol. The van der Waals surface area contributed by atoms with Crippen molar-refractivity contribution in [3.63, 3.8) is 0 Å². The highest BCUT2D eigenvalue weighted by Crippen LogP contribution is 2.17. The molecule has 8 nitrogen and oxygen atoms in total. The lowest BCUT2D eigenvalue weighted by Gasteiger charge is -2.33. The first-order valence-electron chi connectivity index (χ1n) is 11.1. The highest BCUT2D eigenvalue weighted by atomic mass is 16.5. The third kappa shape index (κ3) is 5.05. The summed E-state index contributed by atoms with van der Waals surface area (Å²) in [5.74, 6) is -0.0195. The Bertz CT molecular complexity index is 1180. The molecule has 0 saturated carbocycles. The summed E-state index contributed by atoms with van der Waals surface area (Å²) in [6.45, 7) is 10.4. The number of aromatic nitrogens is 3. The molecule has 0 aliphatic carbocycles. The van der Waals surface area contributed by atoms with Gasteiger partial charge in [-0.1, -0.05) is 35.0 Å². The third-order valence-electron chi connectivity index (χ3n) is 6.00. The van der Waals surface area contributed by atoms with Crippen molar-refractivity contribution in [1.82, 2.24) is 24.7 Å². The van der Waals surface area contributed by atoms with E-state index in [-0.39, 0.29) is 17.6 Å². The lowest BCUT2D eigenvalue weighted by Crippen LogP contribution is -2.50. The molecule has 2 aromatic heterocycles. The van der Waals surface area contributed by atoms with Crippen molar-refractivity contribution in [3.05, 3.63) is 75.9 Å². The van der Waals surface area contributed by atoms with Gasteiger partial charge < -0.3 is 14.3 Å². The van der Waals surface area contributed by atoms with Crippen LogP contribution in [0.15, 0.2) is 40.9 Å². The molecule has 0 spiro atoms. The van der Waals surface area contributed by atoms with Gasteiger partial charge in [-0.05, 0) is 39.3 Å². The maximum Gasteiger partial charge on any atom is 0.292 e. The number of benzene rings is 1. The van der Waals surface area contributed by atoms with Crippen LogP contribution in [0.5, 0.6) is 0 Å². The average molecular weight is 448 g/mol. The summed E-state index contributed by atoms with van der Waals surface area (Å²) in [6, 6.07) is 10.0. The summed E-state index contributed by atoms with van der Waals surface area (Å²) in [7, 11) is 0. The van der Waals surface area contributed by atoms with E-state index >= 15 is 0 Å². The maximum atomic E-state index is 12.8. The van der Waals surface area contributed by atoms with Gasteiger partial charge in [-0.15, -0.1) is 0 Å². The second-order valence-electron chi connectivity index (χ2n) is 8.51. The van der Waals surface area contributed by atoms with Crippen LogP contribution in [0.3, 0.4) is 0 Å². The zero-order valence-corrected chi connectivity index (χ0v) is 19.5. The summed E-state index contributed by atoms with van der Waals surface area (Å²) in [5.41, 5.74) is 5.96. The fraction of sp³-hybridized carbons (Fsp3) is 0.360. The highest BCUT2D eigenvalue weighted by Gasteiger charge is 2.26. The number of carbonyl (C=O) groups excluding carboxylic acids is 2. The summed E-state index contributed by atoms with van der Waals surface area (Å²) >= 11 is 0. The second kappa shape index (κ2) is 9.44. The summed E-state index contributed by atoms with van der Waals surface area (Å²) < 4.78 is 7.04. The lowest BCUT2D eigenvalue weighted by molar-refractivity contribution is -0.127. The fourth-order valence-corrected chi connectivity index (χ4v) is 3.98. The molecular formula is C25H29N5O3. The molecule has 0 radical (unpaired) electrons. The number of nitrogens with zero attached hydrogens (tertiary/aromatic N) is 5. The number of aryl methyl sites for hydroxylation is 3. The molecule has 1 aliphatic heterocycles.